The van der Waals surface area contributed by atoms with E-state index in [-0.39, 0.29) is 29.7 Å². The Balaban J connectivity index is 1.57. The highest BCUT2D eigenvalue weighted by molar-refractivity contribution is 9.10. The van der Waals surface area contributed by atoms with Gasteiger partial charge in [0, 0.05) is 22.8 Å². The third-order valence-electron chi connectivity index (χ3n) is 5.67. The summed E-state index contributed by atoms with van der Waals surface area (Å²) in [5, 5.41) is 4.20. The first-order chi connectivity index (χ1) is 13.5. The minimum atomic E-state index is -0.264. The Bertz CT molecular complexity index is 1130. The molecule has 4 unspecified atom stereocenters. The predicted molar refractivity (Wildman–Crippen MR) is 113 cm³/mol. The molecule has 0 radical (unpaired) electrons. The standard InChI is InChI=1S/C20H17BrClN5O/c21-13-8-24-20-17(26-19(27-20)11-2-1-3-12(22)7-11)16(13)25-15-10-5-4-9(6-10)14(15)18(23)28/h1-5,7-10,14-15H,6H2,(H2,23,28)(H2,24,25,26,27). The smallest absolute Gasteiger partial charge is 0.223 e. The third-order valence-corrected chi connectivity index (χ3v) is 6.51. The van der Waals surface area contributed by atoms with Gasteiger partial charge in [0.25, 0.3) is 0 Å². The summed E-state index contributed by atoms with van der Waals surface area (Å²) in [5.41, 5.74) is 8.79. The van der Waals surface area contributed by atoms with Gasteiger partial charge in [0.15, 0.2) is 5.65 Å². The van der Waals surface area contributed by atoms with Gasteiger partial charge in [-0.15, -0.1) is 0 Å². The molecular weight excluding hydrogens is 442 g/mol. The van der Waals surface area contributed by atoms with Crippen molar-refractivity contribution in [2.24, 2.45) is 23.5 Å². The van der Waals surface area contributed by atoms with Gasteiger partial charge in [0.05, 0.1) is 16.1 Å². The van der Waals surface area contributed by atoms with Crippen LogP contribution in [0.3, 0.4) is 0 Å². The second kappa shape index (κ2) is 6.60. The molecule has 5 rings (SSSR count). The summed E-state index contributed by atoms with van der Waals surface area (Å²) in [6.07, 6.45) is 6.96. The number of rotatable bonds is 4. The molecule has 1 amide bonds. The van der Waals surface area contributed by atoms with E-state index in [0.717, 1.165) is 27.7 Å². The van der Waals surface area contributed by atoms with E-state index >= 15 is 0 Å². The van der Waals surface area contributed by atoms with Crippen LogP contribution in [0.1, 0.15) is 6.42 Å². The highest BCUT2D eigenvalue weighted by Crippen LogP contribution is 2.46. The molecule has 4 N–H and O–H groups in total. The second-order valence-electron chi connectivity index (χ2n) is 7.32. The van der Waals surface area contributed by atoms with Gasteiger partial charge in [0.1, 0.15) is 11.3 Å². The molecule has 2 aliphatic carbocycles. The zero-order valence-corrected chi connectivity index (χ0v) is 17.0. The number of aromatic nitrogens is 3. The van der Waals surface area contributed by atoms with Crippen LogP contribution in [0.25, 0.3) is 22.6 Å². The average molecular weight is 459 g/mol. The van der Waals surface area contributed by atoms with Crippen LogP contribution in [-0.2, 0) is 4.79 Å². The number of hydrogen-bond donors (Lipinski definition) is 3. The predicted octanol–water partition coefficient (Wildman–Crippen LogP) is 4.13. The maximum atomic E-state index is 12.1. The van der Waals surface area contributed by atoms with Gasteiger partial charge in [-0.3, -0.25) is 4.79 Å². The first-order valence-corrected chi connectivity index (χ1v) is 10.2. The number of fused-ring (bicyclic) bond motifs is 3. The monoisotopic (exact) mass is 457 g/mol. The molecule has 0 aliphatic heterocycles. The fourth-order valence-corrected chi connectivity index (χ4v) is 5.03. The minimum Gasteiger partial charge on any atom is -0.378 e. The molecule has 8 heteroatoms. The number of aromatic amines is 1. The average Bonchev–Trinajstić information content (AvgIpc) is 3.38. The number of H-pyrrole nitrogens is 1. The zero-order chi connectivity index (χ0) is 19.4. The number of anilines is 1. The maximum Gasteiger partial charge on any atom is 0.223 e. The van der Waals surface area contributed by atoms with E-state index in [9.17, 15) is 4.79 Å². The molecule has 2 heterocycles. The van der Waals surface area contributed by atoms with Crippen molar-refractivity contribution in [1.82, 2.24) is 15.0 Å². The lowest BCUT2D eigenvalue weighted by Gasteiger charge is -2.28. The van der Waals surface area contributed by atoms with Crippen LogP contribution >= 0.6 is 27.5 Å². The number of pyridine rings is 1. The molecule has 2 bridgehead atoms. The SMILES string of the molecule is NC(=O)C1C2C=CC(C2)C1Nc1c(Br)cnc2nc(-c3cccc(Cl)c3)[nH]c12. The van der Waals surface area contributed by atoms with Gasteiger partial charge in [-0.2, -0.15) is 0 Å². The van der Waals surface area contributed by atoms with Gasteiger partial charge in [0.2, 0.25) is 5.91 Å². The highest BCUT2D eigenvalue weighted by atomic mass is 79.9. The van der Waals surface area contributed by atoms with Crippen LogP contribution < -0.4 is 11.1 Å². The Morgan fingerprint density at radius 2 is 2.14 bits per heavy atom. The van der Waals surface area contributed by atoms with E-state index in [1.165, 1.54) is 0 Å². The van der Waals surface area contributed by atoms with Crippen LogP contribution in [0.15, 0.2) is 47.1 Å². The van der Waals surface area contributed by atoms with Gasteiger partial charge in [-0.05, 0) is 46.3 Å². The first-order valence-electron chi connectivity index (χ1n) is 9.05. The number of carbonyl (C=O) groups is 1. The van der Waals surface area contributed by atoms with Crippen LogP contribution in [0.5, 0.6) is 0 Å². The van der Waals surface area contributed by atoms with E-state index in [2.05, 4.69) is 48.4 Å². The van der Waals surface area contributed by atoms with Crippen molar-refractivity contribution in [1.29, 1.82) is 0 Å². The molecular formula is C20H17BrClN5O. The topological polar surface area (TPSA) is 96.7 Å². The van der Waals surface area contributed by atoms with Gasteiger partial charge in [-0.25, -0.2) is 9.97 Å². The molecule has 3 aromatic rings. The van der Waals surface area contributed by atoms with Crippen molar-refractivity contribution >= 4 is 50.3 Å². The lowest BCUT2D eigenvalue weighted by Crippen LogP contribution is -2.41. The van der Waals surface area contributed by atoms with Gasteiger partial charge in [-0.1, -0.05) is 35.9 Å². The van der Waals surface area contributed by atoms with Gasteiger partial charge < -0.3 is 16.0 Å². The summed E-state index contributed by atoms with van der Waals surface area (Å²) in [4.78, 5) is 24.4. The lowest BCUT2D eigenvalue weighted by atomic mass is 9.88. The van der Waals surface area contributed by atoms with Crippen molar-refractivity contribution in [3.05, 3.63) is 52.1 Å². The molecule has 4 atom stereocenters. The van der Waals surface area contributed by atoms with Crippen molar-refractivity contribution < 1.29 is 4.79 Å². The second-order valence-corrected chi connectivity index (χ2v) is 8.61. The molecule has 2 aromatic heterocycles. The largest absolute Gasteiger partial charge is 0.378 e. The van der Waals surface area contributed by atoms with Crippen LogP contribution in [-0.4, -0.2) is 26.9 Å². The molecule has 0 spiro atoms. The van der Waals surface area contributed by atoms with Crippen molar-refractivity contribution in [2.75, 3.05) is 5.32 Å². The molecule has 2 aliphatic rings. The number of benzene rings is 1. The Morgan fingerprint density at radius 3 is 2.93 bits per heavy atom. The fraction of sp³-hybridized carbons (Fsp3) is 0.250. The Morgan fingerprint density at radius 1 is 1.32 bits per heavy atom. The van der Waals surface area contributed by atoms with Crippen LogP contribution in [0, 0.1) is 17.8 Å². The summed E-state index contributed by atoms with van der Waals surface area (Å²) in [6.45, 7) is 0. The number of hydrogen-bond acceptors (Lipinski definition) is 4. The van der Waals surface area contributed by atoms with Crippen molar-refractivity contribution in [3.63, 3.8) is 0 Å². The first kappa shape index (κ1) is 17.7. The normalized spacial score (nSPS) is 25.5. The molecule has 1 fully saturated rings. The molecule has 142 valence electrons. The molecule has 6 nitrogen and oxygen atoms in total. The number of nitrogens with zero attached hydrogens (tertiary/aromatic N) is 2. The zero-order valence-electron chi connectivity index (χ0n) is 14.7. The Hall–Kier alpha value is -2.38. The number of primary amides is 1. The quantitative estimate of drug-likeness (QED) is 0.512. The van der Waals surface area contributed by atoms with Crippen LogP contribution in [0.2, 0.25) is 5.02 Å². The van der Waals surface area contributed by atoms with E-state index in [0.29, 0.717) is 16.5 Å². The number of halogens is 2. The third kappa shape index (κ3) is 2.81. The number of carbonyl (C=O) groups excluding carboxylic acids is 1. The number of allylic oxidation sites excluding steroid dienone is 1. The lowest BCUT2D eigenvalue weighted by molar-refractivity contribution is -0.122. The van der Waals surface area contributed by atoms with E-state index in [4.69, 9.17) is 17.3 Å². The summed E-state index contributed by atoms with van der Waals surface area (Å²) in [7, 11) is 0. The maximum absolute atomic E-state index is 12.1. The summed E-state index contributed by atoms with van der Waals surface area (Å²) < 4.78 is 0.802. The van der Waals surface area contributed by atoms with Crippen LogP contribution in [0.4, 0.5) is 5.69 Å². The Kier molecular flexibility index (Phi) is 4.17. The molecule has 0 saturated heterocycles. The fourth-order valence-electron chi connectivity index (χ4n) is 4.42. The number of imidazole rings is 1. The molecule has 28 heavy (non-hydrogen) atoms. The summed E-state index contributed by atoms with van der Waals surface area (Å²) in [6, 6.07) is 7.45. The van der Waals surface area contributed by atoms with E-state index in [1.807, 2.05) is 24.3 Å². The Labute approximate surface area is 174 Å². The number of amides is 1. The molecule has 1 saturated carbocycles. The minimum absolute atomic E-state index is 0.0488. The number of nitrogens with two attached hydrogens (primary N) is 1. The van der Waals surface area contributed by atoms with Gasteiger partial charge >= 0.3 is 0 Å². The molecule has 1 aromatic carbocycles. The van der Waals surface area contributed by atoms with Crippen molar-refractivity contribution in [3.8, 4) is 11.4 Å². The van der Waals surface area contributed by atoms with Crippen molar-refractivity contribution in [2.45, 2.75) is 12.5 Å². The highest BCUT2D eigenvalue weighted by Gasteiger charge is 2.47. The van der Waals surface area contributed by atoms with E-state index in [1.54, 1.807) is 6.20 Å². The van der Waals surface area contributed by atoms with E-state index < -0.39 is 0 Å². The summed E-state index contributed by atoms with van der Waals surface area (Å²) in [5.74, 6) is 0.693. The number of nitrogens with one attached hydrogen (secondary N) is 2. The summed E-state index contributed by atoms with van der Waals surface area (Å²) >= 11 is 9.70.